The zero-order valence-electron chi connectivity index (χ0n) is 20.5. The van der Waals surface area contributed by atoms with E-state index < -0.39 is 0 Å². The molecular weight excluding hydrogens is 482 g/mol. The highest BCUT2D eigenvalue weighted by molar-refractivity contribution is 5.86. The van der Waals surface area contributed by atoms with Gasteiger partial charge in [-0.05, 0) is 76.1 Å². The van der Waals surface area contributed by atoms with Crippen LogP contribution in [0.2, 0.25) is 0 Å². The Hall–Kier alpha value is -4.33. The van der Waals surface area contributed by atoms with E-state index in [4.69, 9.17) is 28.4 Å². The van der Waals surface area contributed by atoms with Crippen LogP contribution in [-0.4, -0.2) is 43.6 Å². The Labute approximate surface area is 219 Å². The topological polar surface area (TPSA) is 74.9 Å². The molecule has 0 bridgehead atoms. The second-order valence-electron chi connectivity index (χ2n) is 9.41. The van der Waals surface area contributed by atoms with E-state index in [1.807, 2.05) is 78.9 Å². The summed E-state index contributed by atoms with van der Waals surface area (Å²) in [6.07, 6.45) is 2.13. The first kappa shape index (κ1) is 22.8. The van der Waals surface area contributed by atoms with Crippen LogP contribution in [0.1, 0.15) is 0 Å². The number of aromatic nitrogens is 1. The largest absolute Gasteiger partial charge is 0.491 e. The van der Waals surface area contributed by atoms with Crippen LogP contribution >= 0.6 is 0 Å². The van der Waals surface area contributed by atoms with Crippen molar-refractivity contribution >= 4 is 21.5 Å². The van der Waals surface area contributed by atoms with Crippen molar-refractivity contribution < 1.29 is 28.4 Å². The van der Waals surface area contributed by atoms with Crippen LogP contribution in [0.15, 0.2) is 91.1 Å². The number of epoxide rings is 2. The van der Waals surface area contributed by atoms with Gasteiger partial charge in [-0.1, -0.05) is 24.3 Å². The molecule has 190 valence electrons. The highest BCUT2D eigenvalue weighted by Gasteiger charge is 2.23. The van der Waals surface area contributed by atoms with Gasteiger partial charge in [-0.3, -0.25) is 0 Å². The molecule has 2 atom stereocenters. The average Bonchev–Trinajstić information content (AvgIpc) is 3.87. The lowest BCUT2D eigenvalue weighted by molar-refractivity contribution is 0.263. The Morgan fingerprint density at radius 3 is 1.47 bits per heavy atom. The fraction of sp³-hybridized carbons (Fsp3) is 0.194. The molecule has 1 aromatic heterocycles. The lowest BCUT2D eigenvalue weighted by atomic mass is 10.1. The van der Waals surface area contributed by atoms with Crippen LogP contribution in [-0.2, 0) is 9.47 Å². The van der Waals surface area contributed by atoms with Crippen molar-refractivity contribution in [3.05, 3.63) is 91.1 Å². The van der Waals surface area contributed by atoms with Crippen LogP contribution in [0.4, 0.5) is 0 Å². The monoisotopic (exact) mass is 507 g/mol. The van der Waals surface area contributed by atoms with E-state index in [9.17, 15) is 0 Å². The van der Waals surface area contributed by atoms with Gasteiger partial charge in [0.05, 0.1) is 19.4 Å². The number of hydrogen-bond acceptors (Lipinski definition) is 7. The summed E-state index contributed by atoms with van der Waals surface area (Å²) in [5.74, 6) is 4.24. The summed E-state index contributed by atoms with van der Waals surface area (Å²) in [6.45, 7) is 2.75. The number of benzene rings is 4. The number of pyridine rings is 1. The van der Waals surface area contributed by atoms with E-state index in [1.165, 1.54) is 0 Å². The van der Waals surface area contributed by atoms with E-state index in [1.54, 1.807) is 12.3 Å². The normalized spacial score (nSPS) is 17.8. The lowest BCUT2D eigenvalue weighted by Crippen LogP contribution is -2.03. The molecule has 2 aliphatic heterocycles. The zero-order valence-corrected chi connectivity index (χ0v) is 20.5. The van der Waals surface area contributed by atoms with Crippen molar-refractivity contribution in [2.75, 3.05) is 26.4 Å². The fourth-order valence-electron chi connectivity index (χ4n) is 4.16. The van der Waals surface area contributed by atoms with Crippen LogP contribution in [0.25, 0.3) is 21.5 Å². The van der Waals surface area contributed by atoms with Crippen LogP contribution in [0.3, 0.4) is 0 Å². The molecular formula is C31H25NO6. The second kappa shape index (κ2) is 9.85. The van der Waals surface area contributed by atoms with Gasteiger partial charge in [-0.15, -0.1) is 0 Å². The second-order valence-corrected chi connectivity index (χ2v) is 9.41. The van der Waals surface area contributed by atoms with E-state index >= 15 is 0 Å². The van der Waals surface area contributed by atoms with Gasteiger partial charge in [-0.2, -0.15) is 0 Å². The number of nitrogens with zero attached hydrogens (tertiary/aromatic N) is 1. The van der Waals surface area contributed by atoms with Gasteiger partial charge >= 0.3 is 0 Å². The van der Waals surface area contributed by atoms with Crippen molar-refractivity contribution in [1.29, 1.82) is 0 Å². The number of ether oxygens (including phenoxy) is 6. The van der Waals surface area contributed by atoms with Crippen LogP contribution in [0.5, 0.6) is 34.6 Å². The lowest BCUT2D eigenvalue weighted by Gasteiger charge is -2.10. The molecule has 7 nitrogen and oxygen atoms in total. The van der Waals surface area contributed by atoms with Gasteiger partial charge < -0.3 is 28.4 Å². The molecule has 7 rings (SSSR count). The maximum atomic E-state index is 6.03. The van der Waals surface area contributed by atoms with Crippen molar-refractivity contribution in [2.24, 2.45) is 0 Å². The maximum absolute atomic E-state index is 6.03. The highest BCUT2D eigenvalue weighted by atomic mass is 16.6. The Morgan fingerprint density at radius 2 is 1.00 bits per heavy atom. The summed E-state index contributed by atoms with van der Waals surface area (Å²) in [7, 11) is 0. The quantitative estimate of drug-likeness (QED) is 0.199. The summed E-state index contributed by atoms with van der Waals surface area (Å²) in [6, 6.07) is 27.5. The van der Waals surface area contributed by atoms with E-state index in [0.717, 1.165) is 52.0 Å². The first-order chi connectivity index (χ1) is 18.7. The molecule has 0 saturated carbocycles. The summed E-state index contributed by atoms with van der Waals surface area (Å²) in [4.78, 5) is 4.42. The number of rotatable bonds is 10. The molecule has 38 heavy (non-hydrogen) atoms. The Bertz CT molecular complexity index is 1470. The van der Waals surface area contributed by atoms with Gasteiger partial charge in [0.25, 0.3) is 0 Å². The van der Waals surface area contributed by atoms with Gasteiger partial charge in [-0.25, -0.2) is 4.98 Å². The maximum Gasteiger partial charge on any atom is 0.219 e. The summed E-state index contributed by atoms with van der Waals surface area (Å²) >= 11 is 0. The molecule has 4 aromatic carbocycles. The Kier molecular flexibility index (Phi) is 5.92. The van der Waals surface area contributed by atoms with Crippen molar-refractivity contribution in [3.63, 3.8) is 0 Å². The Balaban J connectivity index is 0.987. The standard InChI is InChI=1S/C31H25NO6/c1-5-24(33-16-29-18-35-29)11-20-3-7-26(13-22(1)20)37-28-9-10-31(32-15-28)38-27-8-4-21-12-25(6-2-23(21)14-27)34-17-30-19-36-30/h1-15,29-30H,16-19H2. The van der Waals surface area contributed by atoms with E-state index in [0.29, 0.717) is 30.6 Å². The van der Waals surface area contributed by atoms with Crippen LogP contribution in [0, 0.1) is 0 Å². The highest BCUT2D eigenvalue weighted by Crippen LogP contribution is 2.31. The zero-order chi connectivity index (χ0) is 25.3. The Morgan fingerprint density at radius 1 is 0.553 bits per heavy atom. The third-order valence-corrected chi connectivity index (χ3v) is 6.41. The minimum atomic E-state index is 0.236. The molecule has 0 aliphatic carbocycles. The first-order valence-corrected chi connectivity index (χ1v) is 12.6. The van der Waals surface area contributed by atoms with Gasteiger partial charge in [0.15, 0.2) is 0 Å². The average molecular weight is 508 g/mol. The molecule has 2 saturated heterocycles. The molecule has 2 fully saturated rings. The molecule has 0 spiro atoms. The summed E-state index contributed by atoms with van der Waals surface area (Å²) < 4.78 is 34.0. The van der Waals surface area contributed by atoms with Gasteiger partial charge in [0.1, 0.15) is 54.2 Å². The molecule has 3 heterocycles. The third kappa shape index (κ3) is 5.49. The number of fused-ring (bicyclic) bond motifs is 2. The number of hydrogen-bond donors (Lipinski definition) is 0. The minimum Gasteiger partial charge on any atom is -0.491 e. The van der Waals surface area contributed by atoms with Crippen molar-refractivity contribution in [1.82, 2.24) is 4.98 Å². The third-order valence-electron chi connectivity index (χ3n) is 6.41. The van der Waals surface area contributed by atoms with Gasteiger partial charge in [0.2, 0.25) is 5.88 Å². The molecule has 5 aromatic rings. The predicted octanol–water partition coefficient (Wildman–Crippen LogP) is 6.53. The SMILES string of the molecule is c1cc2cc(Oc3ccc(Oc4ccc5cc(OCC6CO6)ccc5c4)nc3)ccc2cc1OCC1CO1. The van der Waals surface area contributed by atoms with E-state index in [-0.39, 0.29) is 12.2 Å². The fourth-order valence-corrected chi connectivity index (χ4v) is 4.16. The molecule has 0 N–H and O–H groups in total. The molecule has 7 heteroatoms. The van der Waals surface area contributed by atoms with Gasteiger partial charge in [0, 0.05) is 6.07 Å². The first-order valence-electron chi connectivity index (χ1n) is 12.6. The predicted molar refractivity (Wildman–Crippen MR) is 143 cm³/mol. The molecule has 2 aliphatic rings. The molecule has 2 unspecified atom stereocenters. The van der Waals surface area contributed by atoms with Crippen molar-refractivity contribution in [3.8, 4) is 34.6 Å². The summed E-state index contributed by atoms with van der Waals surface area (Å²) in [5, 5.41) is 4.29. The van der Waals surface area contributed by atoms with E-state index in [2.05, 4.69) is 4.98 Å². The molecule has 0 radical (unpaired) electrons. The van der Waals surface area contributed by atoms with Crippen LogP contribution < -0.4 is 18.9 Å². The van der Waals surface area contributed by atoms with Crippen molar-refractivity contribution in [2.45, 2.75) is 12.2 Å². The molecule has 0 amide bonds. The summed E-state index contributed by atoms with van der Waals surface area (Å²) in [5.41, 5.74) is 0. The smallest absolute Gasteiger partial charge is 0.219 e. The minimum absolute atomic E-state index is 0.236.